The Morgan fingerprint density at radius 3 is 1.89 bits per heavy atom. The molecule has 306 valence electrons. The summed E-state index contributed by atoms with van der Waals surface area (Å²) in [5.74, 6) is -0.942. The van der Waals surface area contributed by atoms with E-state index >= 15 is 0 Å². The summed E-state index contributed by atoms with van der Waals surface area (Å²) in [5.41, 5.74) is 0. The van der Waals surface area contributed by atoms with E-state index in [4.69, 9.17) is 18.5 Å². The average Bonchev–Trinajstić information content (AvgIpc) is 3.10. The van der Waals surface area contributed by atoms with Gasteiger partial charge in [0.2, 0.25) is 0 Å². The van der Waals surface area contributed by atoms with Crippen LogP contribution in [0.2, 0.25) is 0 Å². The Bertz CT molecular complexity index is 1110. The van der Waals surface area contributed by atoms with Gasteiger partial charge in [-0.15, -0.1) is 0 Å². The highest BCUT2D eigenvalue weighted by molar-refractivity contribution is 7.45. The smallest absolute Gasteiger partial charge is 0.306 e. The van der Waals surface area contributed by atoms with Gasteiger partial charge in [-0.3, -0.25) is 14.2 Å². The highest BCUT2D eigenvalue weighted by Gasteiger charge is 2.21. The molecule has 1 unspecified atom stereocenters. The van der Waals surface area contributed by atoms with E-state index in [9.17, 15) is 24.2 Å². The van der Waals surface area contributed by atoms with Gasteiger partial charge in [0.05, 0.1) is 33.9 Å². The van der Waals surface area contributed by atoms with E-state index in [0.717, 1.165) is 77.0 Å². The van der Waals surface area contributed by atoms with Gasteiger partial charge in [0.15, 0.2) is 6.10 Å². The second-order valence-electron chi connectivity index (χ2n) is 14.5. The van der Waals surface area contributed by atoms with Gasteiger partial charge in [0.25, 0.3) is 7.82 Å². The maximum Gasteiger partial charge on any atom is 0.306 e. The molecule has 0 aromatic rings. The third kappa shape index (κ3) is 37.8. The number of unbranched alkanes of at least 4 members (excludes halogenated alkanes) is 9. The molecule has 0 saturated carbocycles. The van der Waals surface area contributed by atoms with Crippen LogP contribution in [0, 0.1) is 0 Å². The number of nitrogens with zero attached hydrogens (tertiary/aromatic N) is 1. The number of phosphoric acid groups is 1. The third-order valence-electron chi connectivity index (χ3n) is 8.08. The van der Waals surface area contributed by atoms with Gasteiger partial charge in [-0.2, -0.15) is 0 Å². The summed E-state index contributed by atoms with van der Waals surface area (Å²) in [7, 11) is 1.09. The van der Waals surface area contributed by atoms with Crippen LogP contribution in [0.4, 0.5) is 0 Å². The first-order chi connectivity index (χ1) is 25.4. The van der Waals surface area contributed by atoms with Crippen LogP contribution in [0.5, 0.6) is 0 Å². The zero-order chi connectivity index (χ0) is 39.5. The molecular weight excluding hydrogens is 693 g/mol. The van der Waals surface area contributed by atoms with Crippen LogP contribution in [-0.4, -0.2) is 81.2 Å². The van der Waals surface area contributed by atoms with Crippen LogP contribution in [0.15, 0.2) is 60.8 Å². The molecule has 0 fully saturated rings. The summed E-state index contributed by atoms with van der Waals surface area (Å²) in [6, 6.07) is 0. The number of ether oxygens (including phenoxy) is 2. The highest BCUT2D eigenvalue weighted by atomic mass is 31.2. The Balaban J connectivity index is 4.57. The Labute approximate surface area is 322 Å². The number of carbonyl (C=O) groups is 2. The Kier molecular flexibility index (Phi) is 32.7. The monoisotopic (exact) mass is 768 g/mol. The molecule has 0 aliphatic rings. The van der Waals surface area contributed by atoms with Crippen LogP contribution in [0.3, 0.4) is 0 Å². The molecule has 0 rings (SSSR count). The lowest BCUT2D eigenvalue weighted by atomic mass is 10.1. The van der Waals surface area contributed by atoms with Gasteiger partial charge >= 0.3 is 11.9 Å². The second kappa shape index (κ2) is 34.2. The fourth-order valence-corrected chi connectivity index (χ4v) is 5.55. The summed E-state index contributed by atoms with van der Waals surface area (Å²) in [5, 5.41) is 9.81. The lowest BCUT2D eigenvalue weighted by Gasteiger charge is -2.28. The zero-order valence-electron chi connectivity index (χ0n) is 33.8. The maximum absolute atomic E-state index is 12.6. The summed E-state index contributed by atoms with van der Waals surface area (Å²) >= 11 is 0. The first-order valence-corrected chi connectivity index (χ1v) is 21.5. The van der Waals surface area contributed by atoms with Crippen LogP contribution in [0.1, 0.15) is 136 Å². The Morgan fingerprint density at radius 1 is 0.679 bits per heavy atom. The Hall–Kier alpha value is -2.33. The molecule has 1 N–H and O–H groups in total. The van der Waals surface area contributed by atoms with E-state index in [2.05, 4.69) is 50.3 Å². The van der Waals surface area contributed by atoms with Gasteiger partial charge < -0.3 is 33.0 Å². The van der Waals surface area contributed by atoms with Crippen molar-refractivity contribution in [2.75, 3.05) is 47.5 Å². The molecule has 0 radical (unpaired) electrons. The second-order valence-corrected chi connectivity index (χ2v) is 15.9. The largest absolute Gasteiger partial charge is 0.756 e. The molecule has 11 heteroatoms. The topological polar surface area (TPSA) is 131 Å². The first-order valence-electron chi connectivity index (χ1n) is 20.1. The van der Waals surface area contributed by atoms with Crippen molar-refractivity contribution in [3.8, 4) is 0 Å². The average molecular weight is 768 g/mol. The number of quaternary nitrogens is 1. The van der Waals surface area contributed by atoms with Crippen molar-refractivity contribution in [3.05, 3.63) is 60.8 Å². The van der Waals surface area contributed by atoms with Crippen molar-refractivity contribution in [3.63, 3.8) is 0 Å². The standard InChI is InChI=1S/C42H74NO9P/c1-6-8-10-11-12-13-16-20-23-26-29-33-41(45)49-37-40(38-51-53(47,48)50-36-35-43(3,4)5)52-42(46)34-30-27-24-21-18-15-14-17-19-22-25-28-32-39(44)31-9-7-2/h11-12,14-15,19,21-22,24,28,32,39-40,44H,6-10,13,16-18,20,23,25-27,29-31,33-38H2,1-5H3/b12-11-,15-14-,22-19-,24-21-,32-28-/t39-,40-/m1/s1. The number of aliphatic hydroxyl groups excluding tert-OH is 1. The van der Waals surface area contributed by atoms with Crippen LogP contribution < -0.4 is 4.89 Å². The minimum Gasteiger partial charge on any atom is -0.756 e. The van der Waals surface area contributed by atoms with E-state index in [1.807, 2.05) is 45.4 Å². The molecule has 0 spiro atoms. The number of allylic oxidation sites excluding steroid dienone is 9. The van der Waals surface area contributed by atoms with Gasteiger partial charge in [-0.1, -0.05) is 120 Å². The van der Waals surface area contributed by atoms with E-state index in [1.165, 1.54) is 12.8 Å². The number of hydrogen-bond acceptors (Lipinski definition) is 9. The van der Waals surface area contributed by atoms with Gasteiger partial charge in [-0.25, -0.2) is 0 Å². The van der Waals surface area contributed by atoms with Gasteiger partial charge in [0, 0.05) is 12.8 Å². The molecule has 0 saturated heterocycles. The van der Waals surface area contributed by atoms with E-state index in [-0.39, 0.29) is 32.2 Å². The number of esters is 2. The van der Waals surface area contributed by atoms with Crippen molar-refractivity contribution >= 4 is 19.8 Å². The summed E-state index contributed by atoms with van der Waals surface area (Å²) < 4.78 is 33.7. The molecular formula is C42H74NO9P. The summed E-state index contributed by atoms with van der Waals surface area (Å²) in [6.45, 7) is 3.91. The summed E-state index contributed by atoms with van der Waals surface area (Å²) in [6.07, 6.45) is 35.9. The normalized spacial score (nSPS) is 14.9. The molecule has 0 bridgehead atoms. The number of phosphoric ester groups is 1. The third-order valence-corrected chi connectivity index (χ3v) is 9.05. The highest BCUT2D eigenvalue weighted by Crippen LogP contribution is 2.38. The molecule has 10 nitrogen and oxygen atoms in total. The molecule has 53 heavy (non-hydrogen) atoms. The van der Waals surface area contributed by atoms with Crippen molar-refractivity contribution in [1.82, 2.24) is 0 Å². The molecule has 0 aliphatic heterocycles. The van der Waals surface area contributed by atoms with E-state index < -0.39 is 32.5 Å². The number of hydrogen-bond donors (Lipinski definition) is 1. The number of rotatable bonds is 35. The lowest BCUT2D eigenvalue weighted by Crippen LogP contribution is -2.37. The predicted molar refractivity (Wildman–Crippen MR) is 214 cm³/mol. The van der Waals surface area contributed by atoms with E-state index in [0.29, 0.717) is 30.3 Å². The number of aliphatic hydroxyl groups is 1. The molecule has 3 atom stereocenters. The molecule has 0 heterocycles. The predicted octanol–water partition coefficient (Wildman–Crippen LogP) is 9.24. The van der Waals surface area contributed by atoms with Gasteiger partial charge in [-0.05, 0) is 64.2 Å². The molecule has 0 aromatic heterocycles. The molecule has 0 amide bonds. The minimum absolute atomic E-state index is 0.0523. The van der Waals surface area contributed by atoms with Gasteiger partial charge in [0.1, 0.15) is 19.8 Å². The van der Waals surface area contributed by atoms with Crippen molar-refractivity contribution < 1.29 is 47.2 Å². The van der Waals surface area contributed by atoms with Crippen LogP contribution in [0.25, 0.3) is 0 Å². The SMILES string of the molecule is CCCC/C=C\CCCCCCCC(=O)OC[C@H](COP(=O)([O-])OCC[N+](C)(C)C)OC(=O)CCC/C=C\C/C=C\C/C=C\C/C=C\[C@H](O)CCCC. The van der Waals surface area contributed by atoms with Crippen molar-refractivity contribution in [2.24, 2.45) is 0 Å². The van der Waals surface area contributed by atoms with E-state index in [1.54, 1.807) is 0 Å². The minimum atomic E-state index is -4.65. The fraction of sp³-hybridized carbons (Fsp3) is 0.714. The number of carbonyl (C=O) groups excluding carboxylic acids is 2. The van der Waals surface area contributed by atoms with Crippen LogP contribution >= 0.6 is 7.82 Å². The quantitative estimate of drug-likeness (QED) is 0.0220. The number of likely N-dealkylation sites (N-methyl/N-ethyl adjacent to an activating group) is 1. The first kappa shape index (κ1) is 50.7. The zero-order valence-corrected chi connectivity index (χ0v) is 34.7. The summed E-state index contributed by atoms with van der Waals surface area (Å²) in [4.78, 5) is 37.3. The fourth-order valence-electron chi connectivity index (χ4n) is 4.82. The maximum atomic E-state index is 12.6. The molecule has 0 aromatic carbocycles. The Morgan fingerprint density at radius 2 is 1.23 bits per heavy atom. The van der Waals surface area contributed by atoms with Crippen molar-refractivity contribution in [2.45, 2.75) is 148 Å². The molecule has 0 aliphatic carbocycles. The van der Waals surface area contributed by atoms with Crippen LogP contribution in [-0.2, 0) is 32.7 Å². The lowest BCUT2D eigenvalue weighted by molar-refractivity contribution is -0.870. The van der Waals surface area contributed by atoms with Crippen molar-refractivity contribution in [1.29, 1.82) is 0 Å².